The smallest absolute Gasteiger partial charge is 0.223 e. The topological polar surface area (TPSA) is 69.0 Å². The van der Waals surface area contributed by atoms with E-state index in [4.69, 9.17) is 4.74 Å². The molecule has 0 unspecified atom stereocenters. The van der Waals surface area contributed by atoms with Gasteiger partial charge in [-0.05, 0) is 36.8 Å². The van der Waals surface area contributed by atoms with Crippen molar-refractivity contribution in [2.75, 3.05) is 6.61 Å². The molecule has 128 valence electrons. The van der Waals surface area contributed by atoms with Crippen LogP contribution in [0.5, 0.6) is 5.75 Å². The zero-order valence-electron chi connectivity index (χ0n) is 14.0. The van der Waals surface area contributed by atoms with Crippen molar-refractivity contribution in [1.82, 2.24) is 20.1 Å². The van der Waals surface area contributed by atoms with Crippen LogP contribution >= 0.6 is 0 Å². The van der Waals surface area contributed by atoms with Crippen molar-refractivity contribution in [2.45, 2.75) is 19.4 Å². The molecular formula is C19H20N4O2. The maximum absolute atomic E-state index is 12.1. The van der Waals surface area contributed by atoms with Crippen molar-refractivity contribution >= 4 is 5.91 Å². The number of rotatable bonds is 7. The number of nitrogens with zero attached hydrogens (tertiary/aromatic N) is 3. The average Bonchev–Trinajstić information content (AvgIpc) is 3.17. The minimum Gasteiger partial charge on any atom is -0.493 e. The minimum atomic E-state index is -0.0750. The predicted molar refractivity (Wildman–Crippen MR) is 94.5 cm³/mol. The van der Waals surface area contributed by atoms with Crippen LogP contribution in [0.25, 0.3) is 5.69 Å². The summed E-state index contributed by atoms with van der Waals surface area (Å²) < 4.78 is 7.23. The van der Waals surface area contributed by atoms with E-state index in [0.29, 0.717) is 13.0 Å². The van der Waals surface area contributed by atoms with Crippen LogP contribution in [0.2, 0.25) is 0 Å². The first kappa shape index (κ1) is 16.7. The Kier molecular flexibility index (Phi) is 5.41. The lowest BCUT2D eigenvalue weighted by Gasteiger charge is -2.15. The molecule has 1 amide bonds. The van der Waals surface area contributed by atoms with Gasteiger partial charge in [0.05, 0.1) is 24.8 Å². The van der Waals surface area contributed by atoms with Crippen molar-refractivity contribution in [2.24, 2.45) is 0 Å². The highest BCUT2D eigenvalue weighted by molar-refractivity contribution is 5.76. The fraction of sp³-hybridized carbons (Fsp3) is 0.211. The van der Waals surface area contributed by atoms with Crippen LogP contribution in [0.4, 0.5) is 0 Å². The van der Waals surface area contributed by atoms with Gasteiger partial charge in [0.1, 0.15) is 18.4 Å². The molecular weight excluding hydrogens is 316 g/mol. The number of aromatic nitrogens is 3. The summed E-state index contributed by atoms with van der Waals surface area (Å²) in [4.78, 5) is 16.0. The lowest BCUT2D eigenvalue weighted by molar-refractivity contribution is -0.122. The van der Waals surface area contributed by atoms with Crippen LogP contribution in [0.15, 0.2) is 67.3 Å². The van der Waals surface area contributed by atoms with Gasteiger partial charge < -0.3 is 10.1 Å². The standard InChI is InChI=1S/C19H20N4O2/c1-15(16-7-9-17(10-8-16)23-14-20-13-21-23)22-19(24)11-12-25-18-5-3-2-4-6-18/h2-10,13-15H,11-12H2,1H3,(H,22,24)/t15-/m1/s1. The van der Waals surface area contributed by atoms with Gasteiger partial charge in [-0.3, -0.25) is 4.79 Å². The highest BCUT2D eigenvalue weighted by Gasteiger charge is 2.10. The van der Waals surface area contributed by atoms with Gasteiger partial charge in [0.25, 0.3) is 0 Å². The zero-order valence-corrected chi connectivity index (χ0v) is 14.0. The molecule has 3 aromatic rings. The summed E-state index contributed by atoms with van der Waals surface area (Å²) in [6.45, 7) is 2.31. The predicted octanol–water partition coefficient (Wildman–Crippen LogP) is 2.91. The van der Waals surface area contributed by atoms with Gasteiger partial charge in [0, 0.05) is 0 Å². The largest absolute Gasteiger partial charge is 0.493 e. The molecule has 0 fully saturated rings. The quantitative estimate of drug-likeness (QED) is 0.720. The monoisotopic (exact) mass is 336 g/mol. The maximum Gasteiger partial charge on any atom is 0.223 e. The summed E-state index contributed by atoms with van der Waals surface area (Å²) in [5.74, 6) is 0.732. The molecule has 6 heteroatoms. The van der Waals surface area contributed by atoms with Crippen molar-refractivity contribution < 1.29 is 9.53 Å². The third-order valence-electron chi connectivity index (χ3n) is 3.79. The minimum absolute atomic E-state index is 0.0382. The van der Waals surface area contributed by atoms with Gasteiger partial charge in [-0.2, -0.15) is 5.10 Å². The lowest BCUT2D eigenvalue weighted by Crippen LogP contribution is -2.27. The number of hydrogen-bond donors (Lipinski definition) is 1. The second-order valence-electron chi connectivity index (χ2n) is 5.63. The summed E-state index contributed by atoms with van der Waals surface area (Å²) in [7, 11) is 0. The van der Waals surface area contributed by atoms with E-state index in [2.05, 4.69) is 15.4 Å². The molecule has 1 heterocycles. The van der Waals surface area contributed by atoms with Gasteiger partial charge in [0.2, 0.25) is 5.91 Å². The molecule has 1 N–H and O–H groups in total. The van der Waals surface area contributed by atoms with E-state index in [1.165, 1.54) is 6.33 Å². The normalized spacial score (nSPS) is 11.7. The Bertz CT molecular complexity index is 786. The van der Waals surface area contributed by atoms with Gasteiger partial charge in [-0.25, -0.2) is 9.67 Å². The van der Waals surface area contributed by atoms with E-state index < -0.39 is 0 Å². The molecule has 1 aromatic heterocycles. The zero-order chi connectivity index (χ0) is 17.5. The molecule has 0 saturated heterocycles. The summed E-state index contributed by atoms with van der Waals surface area (Å²) >= 11 is 0. The second kappa shape index (κ2) is 8.10. The Morgan fingerprint density at radius 3 is 2.60 bits per heavy atom. The third-order valence-corrected chi connectivity index (χ3v) is 3.79. The Labute approximate surface area is 146 Å². The Morgan fingerprint density at radius 1 is 1.16 bits per heavy atom. The van der Waals surface area contributed by atoms with Crippen LogP contribution in [0, 0.1) is 0 Å². The number of para-hydroxylation sites is 1. The van der Waals surface area contributed by atoms with Crippen LogP contribution in [-0.2, 0) is 4.79 Å². The van der Waals surface area contributed by atoms with E-state index in [9.17, 15) is 4.79 Å². The van der Waals surface area contributed by atoms with Crippen molar-refractivity contribution in [3.05, 3.63) is 72.8 Å². The molecule has 1 atom stereocenters. The molecule has 0 radical (unpaired) electrons. The molecule has 0 saturated carbocycles. The molecule has 3 rings (SSSR count). The fourth-order valence-electron chi connectivity index (χ4n) is 2.43. The van der Waals surface area contributed by atoms with Crippen LogP contribution in [0.3, 0.4) is 0 Å². The van der Waals surface area contributed by atoms with E-state index in [0.717, 1.165) is 17.0 Å². The molecule has 25 heavy (non-hydrogen) atoms. The average molecular weight is 336 g/mol. The summed E-state index contributed by atoms with van der Waals surface area (Å²) in [5.41, 5.74) is 1.96. The first-order valence-electron chi connectivity index (χ1n) is 8.14. The SMILES string of the molecule is C[C@@H](NC(=O)CCOc1ccccc1)c1ccc(-n2cncn2)cc1. The van der Waals surface area contributed by atoms with E-state index in [1.54, 1.807) is 11.0 Å². The molecule has 2 aromatic carbocycles. The van der Waals surface area contributed by atoms with Crippen molar-refractivity contribution in [3.8, 4) is 11.4 Å². The number of ether oxygens (including phenoxy) is 1. The van der Waals surface area contributed by atoms with Gasteiger partial charge in [0.15, 0.2) is 0 Å². The van der Waals surface area contributed by atoms with Gasteiger partial charge >= 0.3 is 0 Å². The third kappa shape index (κ3) is 4.67. The lowest BCUT2D eigenvalue weighted by atomic mass is 10.1. The number of nitrogens with one attached hydrogen (secondary N) is 1. The second-order valence-corrected chi connectivity index (χ2v) is 5.63. The highest BCUT2D eigenvalue weighted by Crippen LogP contribution is 2.15. The highest BCUT2D eigenvalue weighted by atomic mass is 16.5. The summed E-state index contributed by atoms with van der Waals surface area (Å²) in [6, 6.07) is 17.3. The number of carbonyl (C=O) groups is 1. The van der Waals surface area contributed by atoms with E-state index >= 15 is 0 Å². The van der Waals surface area contributed by atoms with Crippen molar-refractivity contribution in [3.63, 3.8) is 0 Å². The number of hydrogen-bond acceptors (Lipinski definition) is 4. The van der Waals surface area contributed by atoms with Crippen LogP contribution in [0.1, 0.15) is 24.9 Å². The molecule has 0 aliphatic heterocycles. The van der Waals surface area contributed by atoms with Crippen LogP contribution in [-0.4, -0.2) is 27.3 Å². The number of amides is 1. The van der Waals surface area contributed by atoms with Gasteiger partial charge in [-0.15, -0.1) is 0 Å². The number of benzene rings is 2. The Hall–Kier alpha value is -3.15. The molecule has 0 spiro atoms. The first-order valence-corrected chi connectivity index (χ1v) is 8.14. The number of carbonyl (C=O) groups excluding carboxylic acids is 1. The molecule has 0 aliphatic rings. The Morgan fingerprint density at radius 2 is 1.92 bits per heavy atom. The van der Waals surface area contributed by atoms with Crippen LogP contribution < -0.4 is 10.1 Å². The molecule has 0 bridgehead atoms. The summed E-state index contributed by atoms with van der Waals surface area (Å²) in [6.07, 6.45) is 3.46. The maximum atomic E-state index is 12.1. The van der Waals surface area contributed by atoms with E-state index in [1.807, 2.05) is 61.5 Å². The Balaban J connectivity index is 1.48. The van der Waals surface area contributed by atoms with Crippen molar-refractivity contribution in [1.29, 1.82) is 0 Å². The fourth-order valence-corrected chi connectivity index (χ4v) is 2.43. The molecule has 0 aliphatic carbocycles. The first-order chi connectivity index (χ1) is 12.2. The van der Waals surface area contributed by atoms with E-state index in [-0.39, 0.29) is 11.9 Å². The molecule has 6 nitrogen and oxygen atoms in total. The summed E-state index contributed by atoms with van der Waals surface area (Å²) in [5, 5.41) is 7.07. The van der Waals surface area contributed by atoms with Gasteiger partial charge in [-0.1, -0.05) is 30.3 Å².